The van der Waals surface area contributed by atoms with Gasteiger partial charge in [0.1, 0.15) is 11.4 Å². The molecule has 2 aliphatic heterocycles. The van der Waals surface area contributed by atoms with Crippen molar-refractivity contribution >= 4 is 17.7 Å². The van der Waals surface area contributed by atoms with E-state index in [1.807, 2.05) is 17.9 Å². The molecule has 0 aliphatic carbocycles. The van der Waals surface area contributed by atoms with Gasteiger partial charge in [-0.25, -0.2) is 4.98 Å². The lowest BCUT2D eigenvalue weighted by Crippen LogP contribution is -2.64. The van der Waals surface area contributed by atoms with Crippen molar-refractivity contribution in [2.45, 2.75) is 44.5 Å². The smallest absolute Gasteiger partial charge is 0.388 e. The fourth-order valence-electron chi connectivity index (χ4n) is 4.20. The first-order valence-corrected chi connectivity index (χ1v) is 11.8. The number of nitrogens with zero attached hydrogens (tertiary/aromatic N) is 4. The number of dihydropyridines is 1. The van der Waals surface area contributed by atoms with Crippen molar-refractivity contribution in [3.8, 4) is 5.88 Å². The Hall–Kier alpha value is -3.38. The molecule has 4 heterocycles. The Morgan fingerprint density at radius 3 is 2.68 bits per heavy atom. The fourth-order valence-corrected chi connectivity index (χ4v) is 4.20. The molecule has 1 fully saturated rings. The fraction of sp³-hybridized carbons (Fsp3) is 0.440. The molecule has 37 heavy (non-hydrogen) atoms. The minimum Gasteiger partial charge on any atom is -0.417 e. The summed E-state index contributed by atoms with van der Waals surface area (Å²) >= 11 is 0. The molecule has 2 unspecified atom stereocenters. The highest BCUT2D eigenvalue weighted by Gasteiger charge is 2.40. The molecule has 2 atom stereocenters. The number of carbonyl (C=O) groups is 1. The van der Waals surface area contributed by atoms with Crippen LogP contribution < -0.4 is 10.1 Å². The van der Waals surface area contributed by atoms with E-state index in [1.165, 1.54) is 31.5 Å². The Bertz CT molecular complexity index is 1170. The molecule has 8 nitrogen and oxygen atoms in total. The Labute approximate surface area is 211 Å². The van der Waals surface area contributed by atoms with Crippen LogP contribution in [0.1, 0.15) is 41.9 Å². The molecule has 0 radical (unpaired) electrons. The van der Waals surface area contributed by atoms with Gasteiger partial charge in [0, 0.05) is 49.7 Å². The molecule has 0 aromatic carbocycles. The minimum absolute atomic E-state index is 0.0305. The topological polar surface area (TPSA) is 88.9 Å². The number of halogens is 4. The summed E-state index contributed by atoms with van der Waals surface area (Å²) in [6.07, 6.45) is 5.57. The van der Waals surface area contributed by atoms with Crippen molar-refractivity contribution < 1.29 is 31.8 Å². The van der Waals surface area contributed by atoms with Gasteiger partial charge in [-0.2, -0.15) is 17.6 Å². The Morgan fingerprint density at radius 1 is 1.27 bits per heavy atom. The summed E-state index contributed by atoms with van der Waals surface area (Å²) in [7, 11) is 0. The number of amides is 1. The summed E-state index contributed by atoms with van der Waals surface area (Å²) in [5, 5.41) is 2.96. The van der Waals surface area contributed by atoms with Crippen molar-refractivity contribution in [3.05, 3.63) is 59.6 Å². The van der Waals surface area contributed by atoms with E-state index in [0.717, 1.165) is 6.07 Å². The number of morpholine rings is 1. The van der Waals surface area contributed by atoms with Gasteiger partial charge in [0.25, 0.3) is 11.8 Å². The van der Waals surface area contributed by atoms with Crippen LogP contribution in [0.25, 0.3) is 5.57 Å². The van der Waals surface area contributed by atoms with Gasteiger partial charge in [-0.1, -0.05) is 6.92 Å². The summed E-state index contributed by atoms with van der Waals surface area (Å²) in [6, 6.07) is 5.04. The molecule has 0 bridgehead atoms. The van der Waals surface area contributed by atoms with Crippen LogP contribution in [0.2, 0.25) is 0 Å². The van der Waals surface area contributed by atoms with Gasteiger partial charge in [0.05, 0.1) is 19.3 Å². The highest BCUT2D eigenvalue weighted by atomic mass is 19.3. The summed E-state index contributed by atoms with van der Waals surface area (Å²) in [5.41, 5.74) is -0.354. The Kier molecular flexibility index (Phi) is 7.88. The van der Waals surface area contributed by atoms with Crippen molar-refractivity contribution in [2.24, 2.45) is 4.99 Å². The highest BCUT2D eigenvalue weighted by Crippen LogP contribution is 2.32. The average Bonchev–Trinajstić information content (AvgIpc) is 2.90. The molecule has 2 aromatic rings. The van der Waals surface area contributed by atoms with Crippen LogP contribution in [0, 0.1) is 0 Å². The maximum atomic E-state index is 14.2. The molecule has 1 amide bonds. The van der Waals surface area contributed by atoms with E-state index in [9.17, 15) is 22.4 Å². The number of carbonyl (C=O) groups excluding carboxylic acids is 1. The number of ether oxygens (including phenoxy) is 2. The molecular formula is C25H27F4N5O3. The molecular weight excluding hydrogens is 494 g/mol. The summed E-state index contributed by atoms with van der Waals surface area (Å²) in [6.45, 7) is 1.99. The van der Waals surface area contributed by atoms with Crippen molar-refractivity contribution in [1.82, 2.24) is 20.2 Å². The number of alkyl halides is 4. The molecule has 2 aromatic heterocycles. The summed E-state index contributed by atoms with van der Waals surface area (Å²) in [5.74, 6) is -3.98. The summed E-state index contributed by atoms with van der Waals surface area (Å²) in [4.78, 5) is 27.6. The number of nitrogens with one attached hydrogen (secondary N) is 1. The maximum Gasteiger partial charge on any atom is 0.388 e. The zero-order valence-corrected chi connectivity index (χ0v) is 20.3. The SMILES string of the molecule is CCC(F)(F)c1cc(C(=O)NC2(N3CCOCC3)C=NC(C)C(c3ccc(OC(F)F)nc3)=C2)ccn1. The lowest BCUT2D eigenvalue weighted by Gasteiger charge is -2.44. The van der Waals surface area contributed by atoms with Crippen LogP contribution in [0.3, 0.4) is 0 Å². The van der Waals surface area contributed by atoms with E-state index in [2.05, 4.69) is 25.0 Å². The number of rotatable bonds is 8. The quantitative estimate of drug-likeness (QED) is 0.531. The molecule has 1 N–H and O–H groups in total. The largest absolute Gasteiger partial charge is 0.417 e. The first-order valence-electron chi connectivity index (χ1n) is 11.8. The third kappa shape index (κ3) is 5.96. The standard InChI is InChI=1S/C25H27F4N5O3/c1-3-25(28,29)20-12-17(6-7-30-20)22(35)33-24(34-8-10-36-11-9-34)13-19(16(2)32-15-24)18-4-5-21(31-14-18)37-23(26)27/h4-7,12-16,23H,3,8-11H2,1-2H3,(H,33,35). The predicted octanol–water partition coefficient (Wildman–Crippen LogP) is 3.89. The Balaban J connectivity index is 1.69. The van der Waals surface area contributed by atoms with E-state index in [0.29, 0.717) is 37.4 Å². The number of aromatic nitrogens is 2. The van der Waals surface area contributed by atoms with E-state index in [-0.39, 0.29) is 17.5 Å². The molecule has 12 heteroatoms. The second kappa shape index (κ2) is 10.9. The van der Waals surface area contributed by atoms with Gasteiger partial charge >= 0.3 is 6.61 Å². The molecule has 198 valence electrons. The van der Waals surface area contributed by atoms with Crippen LogP contribution in [0.5, 0.6) is 5.88 Å². The normalized spacial score (nSPS) is 22.6. The molecule has 2 aliphatic rings. The number of pyridine rings is 2. The second-order valence-corrected chi connectivity index (χ2v) is 8.68. The van der Waals surface area contributed by atoms with E-state index in [1.54, 1.807) is 12.3 Å². The molecule has 0 saturated carbocycles. The van der Waals surface area contributed by atoms with Gasteiger partial charge in [-0.05, 0) is 42.3 Å². The van der Waals surface area contributed by atoms with Gasteiger partial charge in [0.15, 0.2) is 0 Å². The zero-order valence-electron chi connectivity index (χ0n) is 20.3. The number of hydrogen-bond acceptors (Lipinski definition) is 7. The van der Waals surface area contributed by atoms with E-state index >= 15 is 0 Å². The third-order valence-electron chi connectivity index (χ3n) is 6.29. The monoisotopic (exact) mass is 521 g/mol. The predicted molar refractivity (Wildman–Crippen MR) is 128 cm³/mol. The molecule has 0 spiro atoms. The highest BCUT2D eigenvalue weighted by molar-refractivity contribution is 5.98. The number of aliphatic imine (C=N–C) groups is 1. The third-order valence-corrected chi connectivity index (χ3v) is 6.29. The number of hydrogen-bond donors (Lipinski definition) is 1. The molecule has 4 rings (SSSR count). The molecule has 1 saturated heterocycles. The van der Waals surface area contributed by atoms with Crippen LogP contribution >= 0.6 is 0 Å². The Morgan fingerprint density at radius 2 is 2.03 bits per heavy atom. The van der Waals surface area contributed by atoms with Gasteiger partial charge in [0.2, 0.25) is 5.88 Å². The van der Waals surface area contributed by atoms with Crippen LogP contribution in [0.4, 0.5) is 17.6 Å². The lowest BCUT2D eigenvalue weighted by atomic mass is 9.92. The van der Waals surface area contributed by atoms with E-state index in [4.69, 9.17) is 4.74 Å². The van der Waals surface area contributed by atoms with Crippen molar-refractivity contribution in [1.29, 1.82) is 0 Å². The van der Waals surface area contributed by atoms with Crippen LogP contribution in [0.15, 0.2) is 47.7 Å². The van der Waals surface area contributed by atoms with Gasteiger partial charge in [-0.3, -0.25) is 19.7 Å². The maximum absolute atomic E-state index is 14.2. The summed E-state index contributed by atoms with van der Waals surface area (Å²) < 4.78 is 63.3. The van der Waals surface area contributed by atoms with Crippen LogP contribution in [-0.4, -0.2) is 71.6 Å². The van der Waals surface area contributed by atoms with E-state index < -0.39 is 36.2 Å². The van der Waals surface area contributed by atoms with Gasteiger partial charge in [-0.15, -0.1) is 0 Å². The van der Waals surface area contributed by atoms with Crippen molar-refractivity contribution in [3.63, 3.8) is 0 Å². The second-order valence-electron chi connectivity index (χ2n) is 8.68. The first kappa shape index (κ1) is 26.7. The zero-order chi connectivity index (χ0) is 26.6. The van der Waals surface area contributed by atoms with Crippen molar-refractivity contribution in [2.75, 3.05) is 26.3 Å². The lowest BCUT2D eigenvalue weighted by molar-refractivity contribution is -0.0528. The van der Waals surface area contributed by atoms with Gasteiger partial charge < -0.3 is 14.8 Å². The minimum atomic E-state index is -3.17. The van der Waals surface area contributed by atoms with Crippen LogP contribution in [-0.2, 0) is 10.7 Å². The average molecular weight is 522 g/mol. The first-order chi connectivity index (χ1) is 17.6.